The van der Waals surface area contributed by atoms with Gasteiger partial charge in [0.1, 0.15) is 12.5 Å². The summed E-state index contributed by atoms with van der Waals surface area (Å²) in [6.45, 7) is 2.33. The molecule has 4 rings (SSSR count). The van der Waals surface area contributed by atoms with Crippen LogP contribution >= 0.6 is 0 Å². The lowest BCUT2D eigenvalue weighted by Gasteiger charge is -2.33. The number of unbranched alkanes of at least 4 members (excludes halogenated alkanes) is 2. The summed E-state index contributed by atoms with van der Waals surface area (Å²) < 4.78 is 49.3. The molecule has 190 valence electrons. The summed E-state index contributed by atoms with van der Waals surface area (Å²) in [4.78, 5) is 16.7. The van der Waals surface area contributed by atoms with Gasteiger partial charge in [0, 0.05) is 41.9 Å². The average Bonchev–Trinajstić information content (AvgIpc) is 3.38. The van der Waals surface area contributed by atoms with E-state index in [9.17, 15) is 9.18 Å². The topological polar surface area (TPSA) is 59.2 Å². The van der Waals surface area contributed by atoms with Crippen LogP contribution in [0.5, 0.6) is 0 Å². The SMILES string of the molecule is CC=CC(F)(F)c1cc(-c2noc(-c3ccc(CCCCC=O)cc3)n2)ccc1N1CCC(F)CC1. The van der Waals surface area contributed by atoms with Crippen LogP contribution in [0.3, 0.4) is 0 Å². The standard InChI is InChI=1S/C28H30F3N3O2/c1-2-15-28(30,31)24-19-22(11-12-25(24)34-16-13-23(29)14-17-34)26-32-27(36-33-26)21-9-7-20(8-10-21)6-4-3-5-18-35/h2,7-12,15,18-19,23H,3-6,13-14,16-17H2,1H3. The summed E-state index contributed by atoms with van der Waals surface area (Å²) in [5.74, 6) is -2.69. The maximum Gasteiger partial charge on any atom is 0.293 e. The minimum Gasteiger partial charge on any atom is -0.371 e. The molecule has 1 aliphatic heterocycles. The number of alkyl halides is 3. The number of anilines is 1. The minimum absolute atomic E-state index is 0.166. The Morgan fingerprint density at radius 2 is 1.81 bits per heavy atom. The lowest BCUT2D eigenvalue weighted by atomic mass is 9.99. The number of benzene rings is 2. The molecule has 0 radical (unpaired) electrons. The zero-order valence-corrected chi connectivity index (χ0v) is 20.3. The van der Waals surface area contributed by atoms with Crippen molar-refractivity contribution in [3.8, 4) is 22.8 Å². The Morgan fingerprint density at radius 1 is 1.08 bits per heavy atom. The van der Waals surface area contributed by atoms with E-state index in [1.54, 1.807) is 19.1 Å². The van der Waals surface area contributed by atoms with Crippen LogP contribution in [0.1, 0.15) is 50.2 Å². The summed E-state index contributed by atoms with van der Waals surface area (Å²) in [6.07, 6.45) is 6.11. The first-order valence-electron chi connectivity index (χ1n) is 12.3. The smallest absolute Gasteiger partial charge is 0.293 e. The van der Waals surface area contributed by atoms with Crippen molar-refractivity contribution in [1.82, 2.24) is 10.1 Å². The summed E-state index contributed by atoms with van der Waals surface area (Å²) in [5.41, 5.74) is 2.52. The highest BCUT2D eigenvalue weighted by molar-refractivity contribution is 5.67. The molecule has 0 saturated carbocycles. The van der Waals surface area contributed by atoms with Crippen molar-refractivity contribution in [2.45, 2.75) is 57.5 Å². The van der Waals surface area contributed by atoms with Gasteiger partial charge in [-0.3, -0.25) is 0 Å². The van der Waals surface area contributed by atoms with Gasteiger partial charge in [0.05, 0.1) is 0 Å². The van der Waals surface area contributed by atoms with Gasteiger partial charge in [-0.25, -0.2) is 4.39 Å². The zero-order valence-electron chi connectivity index (χ0n) is 20.3. The van der Waals surface area contributed by atoms with Crippen LogP contribution in [-0.4, -0.2) is 35.7 Å². The largest absolute Gasteiger partial charge is 0.371 e. The first-order chi connectivity index (χ1) is 17.4. The van der Waals surface area contributed by atoms with Crippen molar-refractivity contribution < 1.29 is 22.5 Å². The van der Waals surface area contributed by atoms with Crippen molar-refractivity contribution in [3.63, 3.8) is 0 Å². The molecule has 1 fully saturated rings. The highest BCUT2D eigenvalue weighted by Crippen LogP contribution is 2.40. The van der Waals surface area contributed by atoms with E-state index in [-0.39, 0.29) is 11.4 Å². The number of allylic oxidation sites excluding steroid dienone is 2. The van der Waals surface area contributed by atoms with E-state index in [1.165, 1.54) is 12.1 Å². The van der Waals surface area contributed by atoms with Crippen molar-refractivity contribution in [3.05, 3.63) is 65.7 Å². The number of aromatic nitrogens is 2. The zero-order chi connectivity index (χ0) is 25.5. The number of aldehydes is 1. The molecule has 0 spiro atoms. The highest BCUT2D eigenvalue weighted by atomic mass is 19.3. The first kappa shape index (κ1) is 25.7. The van der Waals surface area contributed by atoms with Crippen molar-refractivity contribution in [1.29, 1.82) is 0 Å². The van der Waals surface area contributed by atoms with Gasteiger partial charge in [-0.1, -0.05) is 23.4 Å². The molecule has 0 bridgehead atoms. The summed E-state index contributed by atoms with van der Waals surface area (Å²) in [5, 5.41) is 4.03. The predicted molar refractivity (Wildman–Crippen MR) is 134 cm³/mol. The molecule has 2 aromatic carbocycles. The maximum absolute atomic E-state index is 15.1. The third kappa shape index (κ3) is 6.04. The fourth-order valence-electron chi connectivity index (χ4n) is 4.43. The molecule has 36 heavy (non-hydrogen) atoms. The van der Waals surface area contributed by atoms with E-state index in [0.29, 0.717) is 49.5 Å². The Bertz CT molecular complexity index is 1180. The second kappa shape index (κ2) is 11.5. The van der Waals surface area contributed by atoms with Gasteiger partial charge < -0.3 is 14.2 Å². The Hall–Kier alpha value is -3.42. The summed E-state index contributed by atoms with van der Waals surface area (Å²) >= 11 is 0. The van der Waals surface area contributed by atoms with E-state index in [0.717, 1.165) is 42.8 Å². The molecule has 0 N–H and O–H groups in total. The van der Waals surface area contributed by atoms with Crippen LogP contribution in [0.2, 0.25) is 0 Å². The molecule has 1 aliphatic rings. The molecule has 0 aliphatic carbocycles. The van der Waals surface area contributed by atoms with Crippen molar-refractivity contribution in [2.75, 3.05) is 18.0 Å². The van der Waals surface area contributed by atoms with E-state index in [4.69, 9.17) is 4.52 Å². The van der Waals surface area contributed by atoms with Gasteiger partial charge in [0.2, 0.25) is 5.82 Å². The molecule has 5 nitrogen and oxygen atoms in total. The molecule has 0 unspecified atom stereocenters. The van der Waals surface area contributed by atoms with Crippen LogP contribution in [-0.2, 0) is 17.1 Å². The minimum atomic E-state index is -3.21. The lowest BCUT2D eigenvalue weighted by Crippen LogP contribution is -2.35. The number of carbonyl (C=O) groups excluding carboxylic acids is 1. The van der Waals surface area contributed by atoms with E-state index in [1.807, 2.05) is 29.2 Å². The molecule has 3 aromatic rings. The number of rotatable bonds is 10. The van der Waals surface area contributed by atoms with Gasteiger partial charge >= 0.3 is 0 Å². The number of piperidine rings is 1. The number of carbonyl (C=O) groups is 1. The second-order valence-electron chi connectivity index (χ2n) is 9.05. The lowest BCUT2D eigenvalue weighted by molar-refractivity contribution is -0.107. The number of hydrogen-bond acceptors (Lipinski definition) is 5. The first-order valence-corrected chi connectivity index (χ1v) is 12.3. The Balaban J connectivity index is 1.57. The number of nitrogens with zero attached hydrogens (tertiary/aromatic N) is 3. The van der Waals surface area contributed by atoms with Gasteiger partial charge in [0.25, 0.3) is 11.8 Å². The molecular formula is C28H30F3N3O2. The molecule has 1 aromatic heterocycles. The van der Waals surface area contributed by atoms with Crippen LogP contribution in [0.15, 0.2) is 59.1 Å². The quantitative estimate of drug-likeness (QED) is 0.173. The van der Waals surface area contributed by atoms with Gasteiger partial charge in [-0.05, 0) is 81.0 Å². The second-order valence-corrected chi connectivity index (χ2v) is 9.05. The van der Waals surface area contributed by atoms with Crippen LogP contribution in [0, 0.1) is 0 Å². The fraction of sp³-hybridized carbons (Fsp3) is 0.393. The van der Waals surface area contributed by atoms with Crippen LogP contribution in [0.25, 0.3) is 22.8 Å². The molecule has 8 heteroatoms. The van der Waals surface area contributed by atoms with Crippen molar-refractivity contribution in [2.24, 2.45) is 0 Å². The summed E-state index contributed by atoms with van der Waals surface area (Å²) in [7, 11) is 0. The maximum atomic E-state index is 15.1. The third-order valence-electron chi connectivity index (χ3n) is 6.42. The Kier molecular flexibility index (Phi) is 8.23. The average molecular weight is 498 g/mol. The van der Waals surface area contributed by atoms with Crippen LogP contribution < -0.4 is 4.90 Å². The number of halogens is 3. The van der Waals surface area contributed by atoms with Gasteiger partial charge in [0.15, 0.2) is 0 Å². The molecular weight excluding hydrogens is 467 g/mol. The molecule has 1 saturated heterocycles. The third-order valence-corrected chi connectivity index (χ3v) is 6.42. The molecule has 0 amide bonds. The van der Waals surface area contributed by atoms with E-state index < -0.39 is 12.1 Å². The van der Waals surface area contributed by atoms with E-state index >= 15 is 8.78 Å². The van der Waals surface area contributed by atoms with Gasteiger partial charge in [-0.2, -0.15) is 13.8 Å². The van der Waals surface area contributed by atoms with Crippen molar-refractivity contribution >= 4 is 12.0 Å². The highest BCUT2D eigenvalue weighted by Gasteiger charge is 2.34. The summed E-state index contributed by atoms with van der Waals surface area (Å²) in [6, 6.07) is 12.5. The molecule has 2 heterocycles. The Labute approximate surface area is 209 Å². The molecule has 0 atom stereocenters. The van der Waals surface area contributed by atoms with E-state index in [2.05, 4.69) is 10.1 Å². The predicted octanol–water partition coefficient (Wildman–Crippen LogP) is 6.92. The monoisotopic (exact) mass is 497 g/mol. The fourth-order valence-corrected chi connectivity index (χ4v) is 4.43. The number of aryl methyl sites for hydroxylation is 1. The Morgan fingerprint density at radius 3 is 2.50 bits per heavy atom. The normalized spacial score (nSPS) is 15.1. The van der Waals surface area contributed by atoms with Gasteiger partial charge in [-0.15, -0.1) is 0 Å². The van der Waals surface area contributed by atoms with Crippen LogP contribution in [0.4, 0.5) is 18.9 Å². The number of hydrogen-bond donors (Lipinski definition) is 0.